The van der Waals surface area contributed by atoms with Crippen molar-refractivity contribution in [2.24, 2.45) is 11.7 Å². The SMILES string of the molecule is Cc1ccc2c(-c3ccc(Cl)cc3)nccc2c1-c1ncccc1-c1ncnc2[nH]cnc12.NN. The molecule has 9 heteroatoms. The molecule has 5 N–H and O–H groups in total. The van der Waals surface area contributed by atoms with Gasteiger partial charge in [0.1, 0.15) is 17.5 Å². The summed E-state index contributed by atoms with van der Waals surface area (Å²) in [7, 11) is 0. The number of rotatable bonds is 3. The molecule has 8 nitrogen and oxygen atoms in total. The molecule has 4 aromatic heterocycles. The summed E-state index contributed by atoms with van der Waals surface area (Å²) in [6.07, 6.45) is 6.83. The number of nitrogens with two attached hydrogens (primary N) is 2. The zero-order chi connectivity index (χ0) is 24.4. The van der Waals surface area contributed by atoms with Gasteiger partial charge in [0.05, 0.1) is 17.7 Å². The number of benzene rings is 2. The summed E-state index contributed by atoms with van der Waals surface area (Å²) in [6.45, 7) is 2.10. The Labute approximate surface area is 206 Å². The fourth-order valence-corrected chi connectivity index (χ4v) is 4.40. The van der Waals surface area contributed by atoms with Crippen LogP contribution in [-0.2, 0) is 0 Å². The van der Waals surface area contributed by atoms with Gasteiger partial charge in [-0.3, -0.25) is 21.7 Å². The minimum Gasteiger partial charge on any atom is -0.329 e. The number of aromatic nitrogens is 6. The van der Waals surface area contributed by atoms with E-state index < -0.39 is 0 Å². The van der Waals surface area contributed by atoms with Crippen LogP contribution in [0.3, 0.4) is 0 Å². The first-order valence-corrected chi connectivity index (χ1v) is 11.2. The van der Waals surface area contributed by atoms with E-state index in [1.807, 2.05) is 48.7 Å². The van der Waals surface area contributed by atoms with Crippen molar-refractivity contribution in [1.82, 2.24) is 29.9 Å². The van der Waals surface area contributed by atoms with E-state index in [1.165, 1.54) is 0 Å². The standard InChI is InChI=1S/C26H17ClN6.H4N2/c1-15-4-9-19-18(10-12-29-22(19)16-5-7-17(27)8-6-16)21(15)23-20(3-2-11-28-23)24-25-26(32-13-30-24)33-14-31-25;1-2/h2-14H,1H3,(H,30,31,32,33);1-2H2. The molecule has 0 fully saturated rings. The zero-order valence-corrected chi connectivity index (χ0v) is 19.5. The molecule has 0 aliphatic heterocycles. The Morgan fingerprint density at radius 2 is 1.54 bits per heavy atom. The van der Waals surface area contributed by atoms with Crippen LogP contribution in [0.25, 0.3) is 55.7 Å². The highest BCUT2D eigenvalue weighted by molar-refractivity contribution is 6.30. The molecule has 0 atom stereocenters. The molecule has 4 heterocycles. The van der Waals surface area contributed by atoms with Gasteiger partial charge in [0.25, 0.3) is 0 Å². The number of aryl methyl sites for hydroxylation is 1. The molecule has 0 bridgehead atoms. The molecule has 0 aliphatic rings. The Balaban J connectivity index is 0.00000124. The van der Waals surface area contributed by atoms with Gasteiger partial charge in [-0.05, 0) is 48.2 Å². The van der Waals surface area contributed by atoms with Gasteiger partial charge < -0.3 is 4.98 Å². The van der Waals surface area contributed by atoms with Gasteiger partial charge in [0.2, 0.25) is 0 Å². The number of fused-ring (bicyclic) bond motifs is 2. The average Bonchev–Trinajstić information content (AvgIpc) is 3.39. The fourth-order valence-electron chi connectivity index (χ4n) is 4.27. The van der Waals surface area contributed by atoms with E-state index in [1.54, 1.807) is 18.9 Å². The number of hydrazine groups is 1. The highest BCUT2D eigenvalue weighted by Crippen LogP contribution is 2.39. The minimum atomic E-state index is 0.693. The lowest BCUT2D eigenvalue weighted by molar-refractivity contribution is 1.20. The van der Waals surface area contributed by atoms with Gasteiger partial charge in [0, 0.05) is 39.5 Å². The molecule has 2 aromatic carbocycles. The first-order chi connectivity index (χ1) is 17.2. The van der Waals surface area contributed by atoms with Crippen LogP contribution >= 0.6 is 11.6 Å². The fraction of sp³-hybridized carbons (Fsp3) is 0.0385. The third-order valence-corrected chi connectivity index (χ3v) is 6.04. The number of imidazole rings is 1. The van der Waals surface area contributed by atoms with E-state index >= 15 is 0 Å². The van der Waals surface area contributed by atoms with E-state index in [0.29, 0.717) is 16.2 Å². The number of hydrogen-bond donors (Lipinski definition) is 3. The number of hydrogen-bond acceptors (Lipinski definition) is 7. The second-order valence-corrected chi connectivity index (χ2v) is 8.18. The smallest absolute Gasteiger partial charge is 0.161 e. The van der Waals surface area contributed by atoms with Gasteiger partial charge in [0.15, 0.2) is 5.65 Å². The first-order valence-electron chi connectivity index (χ1n) is 10.8. The van der Waals surface area contributed by atoms with Crippen LogP contribution in [0.4, 0.5) is 0 Å². The summed E-state index contributed by atoms with van der Waals surface area (Å²) in [5.74, 6) is 8.00. The second kappa shape index (κ2) is 9.55. The van der Waals surface area contributed by atoms with E-state index in [9.17, 15) is 0 Å². The maximum absolute atomic E-state index is 6.11. The molecule has 0 unspecified atom stereocenters. The number of H-pyrrole nitrogens is 1. The summed E-state index contributed by atoms with van der Waals surface area (Å²) in [6, 6.07) is 18.0. The third-order valence-electron chi connectivity index (χ3n) is 5.79. The summed E-state index contributed by atoms with van der Waals surface area (Å²) in [5.41, 5.74) is 7.97. The van der Waals surface area contributed by atoms with E-state index in [-0.39, 0.29) is 0 Å². The molecule has 172 valence electrons. The van der Waals surface area contributed by atoms with Crippen molar-refractivity contribution in [3.63, 3.8) is 0 Å². The molecule has 0 amide bonds. The summed E-state index contributed by atoms with van der Waals surface area (Å²) >= 11 is 6.11. The largest absolute Gasteiger partial charge is 0.329 e. The quantitative estimate of drug-likeness (QED) is 0.237. The van der Waals surface area contributed by atoms with Gasteiger partial charge in [-0.15, -0.1) is 0 Å². The van der Waals surface area contributed by atoms with Crippen molar-refractivity contribution in [3.8, 4) is 33.8 Å². The molecule has 0 radical (unpaired) electrons. The first kappa shape index (κ1) is 22.5. The minimum absolute atomic E-state index is 0.693. The summed E-state index contributed by atoms with van der Waals surface area (Å²) < 4.78 is 0. The number of halogens is 1. The highest BCUT2D eigenvalue weighted by atomic mass is 35.5. The van der Waals surface area contributed by atoms with Crippen molar-refractivity contribution in [1.29, 1.82) is 0 Å². The molecule has 0 aliphatic carbocycles. The number of pyridine rings is 2. The van der Waals surface area contributed by atoms with Gasteiger partial charge in [-0.1, -0.05) is 35.9 Å². The van der Waals surface area contributed by atoms with Crippen LogP contribution in [0.15, 0.2) is 79.6 Å². The van der Waals surface area contributed by atoms with Crippen molar-refractivity contribution in [3.05, 3.63) is 90.2 Å². The van der Waals surface area contributed by atoms with E-state index in [4.69, 9.17) is 16.6 Å². The Morgan fingerprint density at radius 3 is 2.37 bits per heavy atom. The Kier molecular flexibility index (Phi) is 6.15. The average molecular weight is 481 g/mol. The number of nitrogens with one attached hydrogen (secondary N) is 1. The zero-order valence-electron chi connectivity index (χ0n) is 18.8. The van der Waals surface area contributed by atoms with Crippen molar-refractivity contribution in [2.45, 2.75) is 6.92 Å². The predicted octanol–water partition coefficient (Wildman–Crippen LogP) is 5.08. The molecule has 0 spiro atoms. The topological polar surface area (TPSA) is 132 Å². The molecule has 6 aromatic rings. The van der Waals surface area contributed by atoms with Gasteiger partial charge in [-0.2, -0.15) is 0 Å². The Hall–Kier alpha value is -4.24. The lowest BCUT2D eigenvalue weighted by Crippen LogP contribution is -2.02. The Morgan fingerprint density at radius 1 is 0.743 bits per heavy atom. The molecule has 0 saturated carbocycles. The molecule has 0 saturated heterocycles. The van der Waals surface area contributed by atoms with Gasteiger partial charge in [-0.25, -0.2) is 15.0 Å². The Bertz CT molecular complexity index is 1640. The summed E-state index contributed by atoms with van der Waals surface area (Å²) in [5, 5.41) is 2.81. The van der Waals surface area contributed by atoms with E-state index in [0.717, 1.165) is 50.1 Å². The van der Waals surface area contributed by atoms with Crippen LogP contribution in [0, 0.1) is 6.92 Å². The molecular weight excluding hydrogens is 460 g/mol. The summed E-state index contributed by atoms with van der Waals surface area (Å²) in [4.78, 5) is 25.8. The van der Waals surface area contributed by atoms with E-state index in [2.05, 4.69) is 55.7 Å². The normalized spacial score (nSPS) is 10.9. The third kappa shape index (κ3) is 4.00. The van der Waals surface area contributed by atoms with Crippen LogP contribution in [0.2, 0.25) is 5.02 Å². The van der Waals surface area contributed by atoms with Crippen LogP contribution in [0.1, 0.15) is 5.56 Å². The lowest BCUT2D eigenvalue weighted by atomic mass is 9.92. The molecule has 35 heavy (non-hydrogen) atoms. The van der Waals surface area contributed by atoms with Crippen LogP contribution in [-0.4, -0.2) is 29.9 Å². The van der Waals surface area contributed by atoms with Gasteiger partial charge >= 0.3 is 0 Å². The van der Waals surface area contributed by atoms with Crippen molar-refractivity contribution in [2.75, 3.05) is 0 Å². The van der Waals surface area contributed by atoms with Crippen LogP contribution in [0.5, 0.6) is 0 Å². The maximum Gasteiger partial charge on any atom is 0.161 e. The lowest BCUT2D eigenvalue weighted by Gasteiger charge is -2.15. The maximum atomic E-state index is 6.11. The molecule has 6 rings (SSSR count). The number of nitrogens with zero attached hydrogens (tertiary/aromatic N) is 5. The highest BCUT2D eigenvalue weighted by Gasteiger charge is 2.19. The van der Waals surface area contributed by atoms with Crippen molar-refractivity contribution >= 4 is 33.5 Å². The van der Waals surface area contributed by atoms with Crippen molar-refractivity contribution < 1.29 is 0 Å². The van der Waals surface area contributed by atoms with Crippen LogP contribution < -0.4 is 11.7 Å². The predicted molar refractivity (Wildman–Crippen MR) is 139 cm³/mol. The number of aromatic amines is 1. The second-order valence-electron chi connectivity index (χ2n) is 7.74. The molecular formula is C26H21ClN8. The monoisotopic (exact) mass is 480 g/mol.